The van der Waals surface area contributed by atoms with Gasteiger partial charge in [-0.05, 0) is 19.9 Å². The molecule has 0 radical (unpaired) electrons. The highest BCUT2D eigenvalue weighted by Gasteiger charge is 2.18. The van der Waals surface area contributed by atoms with Crippen LogP contribution in [0.25, 0.3) is 0 Å². The third-order valence-electron chi connectivity index (χ3n) is 1.91. The minimum absolute atomic E-state index is 0.0178. The second-order valence-electron chi connectivity index (χ2n) is 3.11. The first-order valence-electron chi connectivity index (χ1n) is 5.32. The predicted octanol–water partition coefficient (Wildman–Crippen LogP) is 0.0871. The van der Waals surface area contributed by atoms with E-state index in [0.717, 1.165) is 0 Å². The number of hydrogen-bond donors (Lipinski definition) is 2. The standard InChI is InChI=1S/C9H17N3O4S/c1-3-15-9(16-4-2)7-11-17(13,14)8-5-6-10-12-8/h5-6,9,11H,3-4,7H2,1-2H3,(H,10,12). The Labute approximate surface area is 101 Å². The first-order chi connectivity index (χ1) is 8.10. The highest BCUT2D eigenvalue weighted by Crippen LogP contribution is 2.03. The molecule has 0 saturated carbocycles. The summed E-state index contributed by atoms with van der Waals surface area (Å²) in [6.07, 6.45) is 0.791. The van der Waals surface area contributed by atoms with Crippen molar-refractivity contribution in [2.75, 3.05) is 19.8 Å². The Morgan fingerprint density at radius 1 is 1.41 bits per heavy atom. The molecule has 1 aromatic heterocycles. The molecule has 1 aromatic rings. The Kier molecular flexibility index (Phi) is 5.56. The summed E-state index contributed by atoms with van der Waals surface area (Å²) in [6.45, 7) is 4.60. The van der Waals surface area contributed by atoms with E-state index < -0.39 is 16.3 Å². The van der Waals surface area contributed by atoms with Gasteiger partial charge in [-0.25, -0.2) is 13.1 Å². The third kappa shape index (κ3) is 4.43. The monoisotopic (exact) mass is 263 g/mol. The molecule has 1 rings (SSSR count). The fourth-order valence-electron chi connectivity index (χ4n) is 1.19. The van der Waals surface area contributed by atoms with Gasteiger partial charge in [0.2, 0.25) is 0 Å². The molecular weight excluding hydrogens is 246 g/mol. The van der Waals surface area contributed by atoms with Crippen LogP contribution in [0, 0.1) is 0 Å². The number of nitrogens with one attached hydrogen (secondary N) is 2. The molecule has 0 aliphatic carbocycles. The van der Waals surface area contributed by atoms with E-state index in [1.54, 1.807) is 0 Å². The van der Waals surface area contributed by atoms with Gasteiger partial charge in [-0.2, -0.15) is 5.10 Å². The first-order valence-corrected chi connectivity index (χ1v) is 6.80. The van der Waals surface area contributed by atoms with Gasteiger partial charge in [0.05, 0.1) is 12.7 Å². The van der Waals surface area contributed by atoms with Crippen molar-refractivity contribution in [3.63, 3.8) is 0 Å². The van der Waals surface area contributed by atoms with E-state index in [9.17, 15) is 8.42 Å². The number of H-pyrrole nitrogens is 1. The van der Waals surface area contributed by atoms with E-state index in [-0.39, 0.29) is 11.6 Å². The number of nitrogens with zero attached hydrogens (tertiary/aromatic N) is 1. The number of ether oxygens (including phenoxy) is 2. The van der Waals surface area contributed by atoms with Gasteiger partial charge >= 0.3 is 0 Å². The maximum Gasteiger partial charge on any atom is 0.257 e. The molecule has 0 aliphatic heterocycles. The zero-order chi connectivity index (χ0) is 12.7. The highest BCUT2D eigenvalue weighted by molar-refractivity contribution is 7.89. The molecule has 0 unspecified atom stereocenters. The van der Waals surface area contributed by atoms with Crippen molar-refractivity contribution in [1.82, 2.24) is 14.9 Å². The molecule has 7 nitrogen and oxygen atoms in total. The fourth-order valence-corrected chi connectivity index (χ4v) is 2.11. The molecule has 8 heteroatoms. The van der Waals surface area contributed by atoms with E-state index >= 15 is 0 Å². The zero-order valence-electron chi connectivity index (χ0n) is 9.84. The van der Waals surface area contributed by atoms with Crippen LogP contribution in [0.2, 0.25) is 0 Å². The van der Waals surface area contributed by atoms with Crippen molar-refractivity contribution >= 4 is 10.0 Å². The van der Waals surface area contributed by atoms with Gasteiger partial charge in [0.15, 0.2) is 11.3 Å². The van der Waals surface area contributed by atoms with Gasteiger partial charge in [0.1, 0.15) is 0 Å². The number of rotatable bonds is 8. The van der Waals surface area contributed by atoms with Gasteiger partial charge in [0, 0.05) is 13.2 Å². The summed E-state index contributed by atoms with van der Waals surface area (Å²) >= 11 is 0. The molecule has 0 aromatic carbocycles. The molecule has 0 saturated heterocycles. The van der Waals surface area contributed by atoms with Crippen LogP contribution < -0.4 is 4.72 Å². The summed E-state index contributed by atoms with van der Waals surface area (Å²) < 4.78 is 36.2. The van der Waals surface area contributed by atoms with E-state index in [1.165, 1.54) is 12.3 Å². The Morgan fingerprint density at radius 2 is 2.06 bits per heavy atom. The summed E-state index contributed by atoms with van der Waals surface area (Å²) in [6, 6.07) is 1.37. The zero-order valence-corrected chi connectivity index (χ0v) is 10.7. The van der Waals surface area contributed by atoms with Crippen LogP contribution >= 0.6 is 0 Å². The van der Waals surface area contributed by atoms with Crippen molar-refractivity contribution in [3.8, 4) is 0 Å². The third-order valence-corrected chi connectivity index (χ3v) is 3.26. The van der Waals surface area contributed by atoms with Crippen molar-refractivity contribution in [1.29, 1.82) is 0 Å². The minimum atomic E-state index is -3.58. The van der Waals surface area contributed by atoms with Crippen LogP contribution in [0.5, 0.6) is 0 Å². The number of sulfonamides is 1. The summed E-state index contributed by atoms with van der Waals surface area (Å²) in [4.78, 5) is 0. The van der Waals surface area contributed by atoms with Crippen LogP contribution in [-0.4, -0.2) is 44.7 Å². The quantitative estimate of drug-likeness (QED) is 0.648. The molecule has 0 fully saturated rings. The van der Waals surface area contributed by atoms with E-state index in [1.807, 2.05) is 13.8 Å². The molecule has 0 spiro atoms. The smallest absolute Gasteiger partial charge is 0.257 e. The summed E-state index contributed by atoms with van der Waals surface area (Å²) in [5, 5.41) is 5.98. The Bertz CT molecular complexity index is 398. The van der Waals surface area contributed by atoms with Crippen LogP contribution in [0.1, 0.15) is 13.8 Å². The Balaban J connectivity index is 2.53. The van der Waals surface area contributed by atoms with Gasteiger partial charge in [-0.1, -0.05) is 0 Å². The van der Waals surface area contributed by atoms with Gasteiger partial charge < -0.3 is 9.47 Å². The van der Waals surface area contributed by atoms with Crippen molar-refractivity contribution < 1.29 is 17.9 Å². The highest BCUT2D eigenvalue weighted by atomic mass is 32.2. The molecule has 0 aliphatic rings. The van der Waals surface area contributed by atoms with E-state index in [2.05, 4.69) is 14.9 Å². The van der Waals surface area contributed by atoms with Crippen LogP contribution in [0.3, 0.4) is 0 Å². The van der Waals surface area contributed by atoms with Crippen molar-refractivity contribution in [2.45, 2.75) is 25.2 Å². The number of aromatic amines is 1. The van der Waals surface area contributed by atoms with Gasteiger partial charge in [0.25, 0.3) is 10.0 Å². The molecule has 2 N–H and O–H groups in total. The molecular formula is C9H17N3O4S. The minimum Gasteiger partial charge on any atom is -0.352 e. The summed E-state index contributed by atoms with van der Waals surface area (Å²) in [5.74, 6) is 0. The van der Waals surface area contributed by atoms with Gasteiger partial charge in [-0.3, -0.25) is 5.10 Å². The van der Waals surface area contributed by atoms with Crippen LogP contribution in [0.15, 0.2) is 17.3 Å². The molecule has 0 atom stereocenters. The van der Waals surface area contributed by atoms with Gasteiger partial charge in [-0.15, -0.1) is 0 Å². The second kappa shape index (κ2) is 6.70. The average Bonchev–Trinajstić information content (AvgIpc) is 2.81. The fraction of sp³-hybridized carbons (Fsp3) is 0.667. The summed E-state index contributed by atoms with van der Waals surface area (Å²) in [5.41, 5.74) is 0. The molecule has 98 valence electrons. The number of hydrogen-bond acceptors (Lipinski definition) is 5. The Hall–Kier alpha value is -0.960. The van der Waals surface area contributed by atoms with Crippen molar-refractivity contribution in [2.24, 2.45) is 0 Å². The predicted molar refractivity (Wildman–Crippen MR) is 60.8 cm³/mol. The lowest BCUT2D eigenvalue weighted by molar-refractivity contribution is -0.130. The second-order valence-corrected chi connectivity index (χ2v) is 4.85. The van der Waals surface area contributed by atoms with Crippen LogP contribution in [0.4, 0.5) is 0 Å². The SMILES string of the molecule is CCOC(CNS(=O)(=O)c1ccn[nH]1)OCC. The maximum atomic E-state index is 11.7. The lowest BCUT2D eigenvalue weighted by Crippen LogP contribution is -2.35. The molecule has 0 bridgehead atoms. The lowest BCUT2D eigenvalue weighted by Gasteiger charge is -2.16. The lowest BCUT2D eigenvalue weighted by atomic mass is 10.6. The topological polar surface area (TPSA) is 93.3 Å². The molecule has 17 heavy (non-hydrogen) atoms. The van der Waals surface area contributed by atoms with E-state index in [0.29, 0.717) is 13.2 Å². The maximum absolute atomic E-state index is 11.7. The normalized spacial score (nSPS) is 12.2. The Morgan fingerprint density at radius 3 is 2.53 bits per heavy atom. The van der Waals surface area contributed by atoms with Crippen molar-refractivity contribution in [3.05, 3.63) is 12.3 Å². The first kappa shape index (κ1) is 14.1. The molecule has 0 amide bonds. The average molecular weight is 263 g/mol. The largest absolute Gasteiger partial charge is 0.352 e. The molecule has 1 heterocycles. The number of aromatic nitrogens is 2. The summed E-state index contributed by atoms with van der Waals surface area (Å²) in [7, 11) is -3.58. The van der Waals surface area contributed by atoms with E-state index in [4.69, 9.17) is 9.47 Å². The van der Waals surface area contributed by atoms with Crippen LogP contribution in [-0.2, 0) is 19.5 Å².